The first-order valence-electron chi connectivity index (χ1n) is 4.63. The first-order chi connectivity index (χ1) is 5.43. The Labute approximate surface area is 70.3 Å². The molecule has 11 heavy (non-hydrogen) atoms. The number of nitrogens with one attached hydrogen (secondary N) is 1. The van der Waals surface area contributed by atoms with Crippen molar-refractivity contribution >= 4 is 0 Å². The molecule has 2 heteroatoms. The van der Waals surface area contributed by atoms with Crippen molar-refractivity contribution in [1.29, 1.82) is 0 Å². The van der Waals surface area contributed by atoms with Gasteiger partial charge in [0.1, 0.15) is 0 Å². The van der Waals surface area contributed by atoms with E-state index < -0.39 is 0 Å². The molecule has 1 rings (SSSR count). The molecule has 1 aliphatic rings. The van der Waals surface area contributed by atoms with E-state index in [2.05, 4.69) is 5.32 Å². The molecule has 1 fully saturated rings. The van der Waals surface area contributed by atoms with Crippen molar-refractivity contribution in [2.75, 3.05) is 26.8 Å². The summed E-state index contributed by atoms with van der Waals surface area (Å²) in [6.07, 6.45) is 2.56. The second-order valence-electron chi connectivity index (χ2n) is 2.64. The Morgan fingerprint density at radius 2 is 2.18 bits per heavy atom. The second-order valence-corrected chi connectivity index (χ2v) is 2.64. The SMILES string of the molecule is CC.COCCC1CCNC1. The van der Waals surface area contributed by atoms with Crippen LogP contribution in [0.15, 0.2) is 0 Å². The number of methoxy groups -OCH3 is 1. The molecule has 2 nitrogen and oxygen atoms in total. The zero-order valence-corrected chi connectivity index (χ0v) is 8.02. The van der Waals surface area contributed by atoms with Crippen LogP contribution in [-0.4, -0.2) is 26.8 Å². The van der Waals surface area contributed by atoms with Gasteiger partial charge in [-0.2, -0.15) is 0 Å². The lowest BCUT2D eigenvalue weighted by atomic mass is 10.1. The van der Waals surface area contributed by atoms with Crippen LogP contribution in [0.1, 0.15) is 26.7 Å². The minimum atomic E-state index is 0.880. The number of hydrogen-bond donors (Lipinski definition) is 1. The lowest BCUT2D eigenvalue weighted by molar-refractivity contribution is 0.180. The monoisotopic (exact) mass is 159 g/mol. The van der Waals surface area contributed by atoms with Crippen LogP contribution >= 0.6 is 0 Å². The van der Waals surface area contributed by atoms with Crippen LogP contribution in [0.5, 0.6) is 0 Å². The summed E-state index contributed by atoms with van der Waals surface area (Å²) in [6.45, 7) is 7.32. The molecule has 0 bridgehead atoms. The van der Waals surface area contributed by atoms with Crippen molar-refractivity contribution in [3.8, 4) is 0 Å². The molecule has 0 aliphatic carbocycles. The third-order valence-corrected chi connectivity index (χ3v) is 1.89. The fraction of sp³-hybridized carbons (Fsp3) is 1.00. The van der Waals surface area contributed by atoms with Gasteiger partial charge in [0.2, 0.25) is 0 Å². The highest BCUT2D eigenvalue weighted by atomic mass is 16.5. The Morgan fingerprint density at radius 1 is 1.45 bits per heavy atom. The lowest BCUT2D eigenvalue weighted by Gasteiger charge is -2.04. The van der Waals surface area contributed by atoms with Crippen LogP contribution in [-0.2, 0) is 4.74 Å². The molecule has 0 amide bonds. The van der Waals surface area contributed by atoms with Crippen molar-refractivity contribution < 1.29 is 4.74 Å². The zero-order chi connectivity index (χ0) is 8.53. The first kappa shape index (κ1) is 10.9. The normalized spacial score (nSPS) is 22.6. The predicted octanol–water partition coefficient (Wildman–Crippen LogP) is 1.66. The summed E-state index contributed by atoms with van der Waals surface area (Å²) < 4.78 is 4.98. The van der Waals surface area contributed by atoms with E-state index in [1.54, 1.807) is 7.11 Å². The Bertz CT molecular complexity index is 70.0. The van der Waals surface area contributed by atoms with Gasteiger partial charge in [0, 0.05) is 13.7 Å². The molecule has 0 aromatic rings. The molecule has 1 saturated heterocycles. The van der Waals surface area contributed by atoms with Gasteiger partial charge in [-0.3, -0.25) is 0 Å². The Balaban J connectivity index is 0.000000461. The summed E-state index contributed by atoms with van der Waals surface area (Å²) in [5, 5.41) is 3.33. The van der Waals surface area contributed by atoms with Crippen molar-refractivity contribution in [3.05, 3.63) is 0 Å². The van der Waals surface area contributed by atoms with E-state index in [0.29, 0.717) is 0 Å². The molecule has 1 N–H and O–H groups in total. The number of hydrogen-bond acceptors (Lipinski definition) is 2. The number of ether oxygens (including phenoxy) is 1. The van der Waals surface area contributed by atoms with Crippen LogP contribution in [0.4, 0.5) is 0 Å². The van der Waals surface area contributed by atoms with Crippen LogP contribution in [0.25, 0.3) is 0 Å². The summed E-state index contributed by atoms with van der Waals surface area (Å²) in [7, 11) is 1.77. The maximum Gasteiger partial charge on any atom is 0.0465 e. The van der Waals surface area contributed by atoms with E-state index >= 15 is 0 Å². The fourth-order valence-electron chi connectivity index (χ4n) is 1.25. The minimum absolute atomic E-state index is 0.880. The van der Waals surface area contributed by atoms with Gasteiger partial charge >= 0.3 is 0 Å². The Kier molecular flexibility index (Phi) is 7.96. The molecule has 1 atom stereocenters. The third-order valence-electron chi connectivity index (χ3n) is 1.89. The Hall–Kier alpha value is -0.0800. The maximum absolute atomic E-state index is 4.98. The highest BCUT2D eigenvalue weighted by molar-refractivity contribution is 4.70. The summed E-state index contributed by atoms with van der Waals surface area (Å²) in [4.78, 5) is 0. The second kappa shape index (κ2) is 8.02. The van der Waals surface area contributed by atoms with Gasteiger partial charge in [0.25, 0.3) is 0 Å². The van der Waals surface area contributed by atoms with E-state index in [1.807, 2.05) is 13.8 Å². The molecule has 0 aromatic heterocycles. The van der Waals surface area contributed by atoms with Crippen molar-refractivity contribution in [2.45, 2.75) is 26.7 Å². The van der Waals surface area contributed by atoms with Gasteiger partial charge in [0.15, 0.2) is 0 Å². The summed E-state index contributed by atoms with van der Waals surface area (Å²) in [5.41, 5.74) is 0. The minimum Gasteiger partial charge on any atom is -0.385 e. The van der Waals surface area contributed by atoms with Crippen molar-refractivity contribution in [1.82, 2.24) is 5.32 Å². The molecule has 1 unspecified atom stereocenters. The van der Waals surface area contributed by atoms with E-state index in [4.69, 9.17) is 4.74 Å². The Morgan fingerprint density at radius 3 is 2.64 bits per heavy atom. The molecule has 68 valence electrons. The molecule has 1 aliphatic heterocycles. The fourth-order valence-corrected chi connectivity index (χ4v) is 1.25. The first-order valence-corrected chi connectivity index (χ1v) is 4.63. The van der Waals surface area contributed by atoms with E-state index in [1.165, 1.54) is 25.9 Å². The van der Waals surface area contributed by atoms with Crippen LogP contribution in [0.2, 0.25) is 0 Å². The van der Waals surface area contributed by atoms with E-state index in [9.17, 15) is 0 Å². The summed E-state index contributed by atoms with van der Waals surface area (Å²) >= 11 is 0. The van der Waals surface area contributed by atoms with Crippen molar-refractivity contribution in [2.24, 2.45) is 5.92 Å². The van der Waals surface area contributed by atoms with Gasteiger partial charge in [0.05, 0.1) is 0 Å². The van der Waals surface area contributed by atoms with E-state index in [0.717, 1.165) is 12.5 Å². The topological polar surface area (TPSA) is 21.3 Å². The average Bonchev–Trinajstić information content (AvgIpc) is 2.57. The summed E-state index contributed by atoms with van der Waals surface area (Å²) in [5.74, 6) is 0.880. The highest BCUT2D eigenvalue weighted by Crippen LogP contribution is 2.10. The molecule has 1 heterocycles. The molecular weight excluding hydrogens is 138 g/mol. The van der Waals surface area contributed by atoms with Crippen LogP contribution < -0.4 is 5.32 Å². The van der Waals surface area contributed by atoms with Gasteiger partial charge in [-0.25, -0.2) is 0 Å². The standard InChI is InChI=1S/C7H15NO.C2H6/c1-9-5-3-7-2-4-8-6-7;1-2/h7-8H,2-6H2,1H3;1-2H3. The lowest BCUT2D eigenvalue weighted by Crippen LogP contribution is -2.10. The smallest absolute Gasteiger partial charge is 0.0465 e. The number of rotatable bonds is 3. The molecule has 0 spiro atoms. The maximum atomic E-state index is 4.98. The molecule has 0 saturated carbocycles. The van der Waals surface area contributed by atoms with Crippen LogP contribution in [0, 0.1) is 5.92 Å². The van der Waals surface area contributed by atoms with Gasteiger partial charge < -0.3 is 10.1 Å². The average molecular weight is 159 g/mol. The quantitative estimate of drug-likeness (QED) is 0.676. The van der Waals surface area contributed by atoms with Gasteiger partial charge in [-0.15, -0.1) is 0 Å². The third kappa shape index (κ3) is 5.22. The van der Waals surface area contributed by atoms with Crippen molar-refractivity contribution in [3.63, 3.8) is 0 Å². The van der Waals surface area contributed by atoms with Gasteiger partial charge in [-0.1, -0.05) is 13.8 Å². The van der Waals surface area contributed by atoms with Gasteiger partial charge in [-0.05, 0) is 31.8 Å². The van der Waals surface area contributed by atoms with E-state index in [-0.39, 0.29) is 0 Å². The zero-order valence-electron chi connectivity index (χ0n) is 8.02. The summed E-state index contributed by atoms with van der Waals surface area (Å²) in [6, 6.07) is 0. The molecular formula is C9H21NO. The predicted molar refractivity (Wildman–Crippen MR) is 48.8 cm³/mol. The molecule has 0 aromatic carbocycles. The molecule has 0 radical (unpaired) electrons. The highest BCUT2D eigenvalue weighted by Gasteiger charge is 2.12. The van der Waals surface area contributed by atoms with Crippen LogP contribution in [0.3, 0.4) is 0 Å². The largest absolute Gasteiger partial charge is 0.385 e.